The van der Waals surface area contributed by atoms with Gasteiger partial charge in [-0.25, -0.2) is 9.07 Å². The Balaban J connectivity index is 1.40. The minimum Gasteiger partial charge on any atom is -0.333 e. The second kappa shape index (κ2) is 7.32. The van der Waals surface area contributed by atoms with Crippen molar-refractivity contribution in [3.63, 3.8) is 0 Å². The molecule has 2 heterocycles. The van der Waals surface area contributed by atoms with Gasteiger partial charge in [0.15, 0.2) is 5.69 Å². The first-order valence-electron chi connectivity index (χ1n) is 10.1. The van der Waals surface area contributed by atoms with Crippen LogP contribution in [0.5, 0.6) is 0 Å². The highest BCUT2D eigenvalue weighted by Gasteiger charge is 2.30. The Labute approximate surface area is 169 Å². The lowest BCUT2D eigenvalue weighted by atomic mass is 9.99. The number of carbonyl (C=O) groups is 1. The molecule has 0 saturated carbocycles. The molecule has 2 aromatic carbocycles. The highest BCUT2D eigenvalue weighted by Crippen LogP contribution is 2.30. The van der Waals surface area contributed by atoms with Crippen molar-refractivity contribution in [3.8, 4) is 5.69 Å². The fourth-order valence-corrected chi connectivity index (χ4v) is 4.32. The van der Waals surface area contributed by atoms with E-state index in [9.17, 15) is 9.18 Å². The summed E-state index contributed by atoms with van der Waals surface area (Å²) in [6.45, 7) is 1.20. The molecular weight excluding hydrogens is 365 g/mol. The number of halogens is 1. The van der Waals surface area contributed by atoms with Crippen LogP contribution in [0.25, 0.3) is 11.3 Å². The van der Waals surface area contributed by atoms with Gasteiger partial charge in [0, 0.05) is 24.3 Å². The van der Waals surface area contributed by atoms with Crippen molar-refractivity contribution in [3.05, 3.63) is 89.0 Å². The van der Waals surface area contributed by atoms with E-state index in [2.05, 4.69) is 6.08 Å². The first kappa shape index (κ1) is 17.9. The minimum atomic E-state index is -0.232. The third-order valence-electron chi connectivity index (χ3n) is 5.84. The number of hydrogen-bond donors (Lipinski definition) is 0. The Morgan fingerprint density at radius 1 is 0.966 bits per heavy atom. The first-order valence-corrected chi connectivity index (χ1v) is 10.1. The fraction of sp³-hybridized carbons (Fsp3) is 0.250. The zero-order valence-electron chi connectivity index (χ0n) is 16.1. The minimum absolute atomic E-state index is 0.00670. The van der Waals surface area contributed by atoms with E-state index in [1.807, 2.05) is 39.9 Å². The molecule has 1 aliphatic carbocycles. The molecule has 1 aliphatic heterocycles. The van der Waals surface area contributed by atoms with Gasteiger partial charge in [0.2, 0.25) is 0 Å². The van der Waals surface area contributed by atoms with Crippen molar-refractivity contribution in [1.29, 1.82) is 0 Å². The van der Waals surface area contributed by atoms with E-state index in [0.29, 0.717) is 18.8 Å². The summed E-state index contributed by atoms with van der Waals surface area (Å²) in [5.41, 5.74) is 6.05. The Morgan fingerprint density at radius 2 is 1.76 bits per heavy atom. The Kier molecular flexibility index (Phi) is 4.51. The van der Waals surface area contributed by atoms with E-state index in [-0.39, 0.29) is 11.7 Å². The standard InChI is InChI=1S/C24H22FN3O/c25-19-11-9-17(10-12-19)18-13-15-27(16-14-18)24(29)23-21-7-4-8-22(21)28(26-23)20-5-2-1-3-6-20/h1-3,5-6,9-13H,4,7-8,14-16H2. The van der Waals surface area contributed by atoms with Crippen LogP contribution in [0.15, 0.2) is 60.7 Å². The molecule has 0 unspecified atom stereocenters. The highest BCUT2D eigenvalue weighted by atomic mass is 19.1. The predicted octanol–water partition coefficient (Wildman–Crippen LogP) is 4.43. The zero-order valence-corrected chi connectivity index (χ0v) is 16.1. The SMILES string of the molecule is O=C(c1nn(-c2ccccc2)c2c1CCC2)N1CC=C(c2ccc(F)cc2)CC1. The molecule has 3 aromatic rings. The molecule has 0 radical (unpaired) electrons. The number of fused-ring (bicyclic) bond motifs is 1. The van der Waals surface area contributed by atoms with Gasteiger partial charge >= 0.3 is 0 Å². The van der Waals surface area contributed by atoms with Crippen molar-refractivity contribution in [1.82, 2.24) is 14.7 Å². The third-order valence-corrected chi connectivity index (χ3v) is 5.84. The Bertz CT molecular complexity index is 1080. The number of benzene rings is 2. The van der Waals surface area contributed by atoms with Crippen molar-refractivity contribution in [2.75, 3.05) is 13.1 Å². The summed E-state index contributed by atoms with van der Waals surface area (Å²) >= 11 is 0. The summed E-state index contributed by atoms with van der Waals surface area (Å²) in [5.74, 6) is -0.225. The van der Waals surface area contributed by atoms with Crippen molar-refractivity contribution in [2.45, 2.75) is 25.7 Å². The molecule has 0 bridgehead atoms. The van der Waals surface area contributed by atoms with E-state index in [1.165, 1.54) is 17.8 Å². The first-order chi connectivity index (χ1) is 14.2. The Morgan fingerprint density at radius 3 is 2.48 bits per heavy atom. The number of nitrogens with zero attached hydrogens (tertiary/aromatic N) is 3. The number of hydrogen-bond acceptors (Lipinski definition) is 2. The molecule has 5 rings (SSSR count). The van der Waals surface area contributed by atoms with Gasteiger partial charge in [-0.2, -0.15) is 5.10 Å². The maximum absolute atomic E-state index is 13.3. The maximum Gasteiger partial charge on any atom is 0.274 e. The molecule has 0 spiro atoms. The molecule has 0 N–H and O–H groups in total. The number of para-hydroxylation sites is 1. The second-order valence-electron chi connectivity index (χ2n) is 7.61. The molecule has 4 nitrogen and oxygen atoms in total. The summed E-state index contributed by atoms with van der Waals surface area (Å²) < 4.78 is 15.1. The van der Waals surface area contributed by atoms with E-state index < -0.39 is 0 Å². The van der Waals surface area contributed by atoms with Crippen LogP contribution >= 0.6 is 0 Å². The lowest BCUT2D eigenvalue weighted by Gasteiger charge is -2.26. The summed E-state index contributed by atoms with van der Waals surface area (Å²) in [5, 5.41) is 4.73. The van der Waals surface area contributed by atoms with Crippen LogP contribution in [0.2, 0.25) is 0 Å². The molecule has 5 heteroatoms. The van der Waals surface area contributed by atoms with Gasteiger partial charge in [0.25, 0.3) is 5.91 Å². The van der Waals surface area contributed by atoms with Crippen molar-refractivity contribution < 1.29 is 9.18 Å². The Hall–Kier alpha value is -3.21. The monoisotopic (exact) mass is 387 g/mol. The van der Waals surface area contributed by atoms with Crippen LogP contribution in [-0.4, -0.2) is 33.7 Å². The van der Waals surface area contributed by atoms with Crippen LogP contribution in [0, 0.1) is 5.82 Å². The number of rotatable bonds is 3. The van der Waals surface area contributed by atoms with Crippen LogP contribution in [0.1, 0.15) is 40.2 Å². The van der Waals surface area contributed by atoms with Gasteiger partial charge in [-0.3, -0.25) is 4.79 Å². The molecule has 1 aromatic heterocycles. The predicted molar refractivity (Wildman–Crippen MR) is 110 cm³/mol. The molecule has 0 fully saturated rings. The molecule has 29 heavy (non-hydrogen) atoms. The fourth-order valence-electron chi connectivity index (χ4n) is 4.32. The molecule has 0 atom stereocenters. The second-order valence-corrected chi connectivity index (χ2v) is 7.61. The van der Waals surface area contributed by atoms with Crippen molar-refractivity contribution >= 4 is 11.5 Å². The van der Waals surface area contributed by atoms with Gasteiger partial charge in [-0.15, -0.1) is 0 Å². The van der Waals surface area contributed by atoms with Crippen molar-refractivity contribution in [2.24, 2.45) is 0 Å². The summed E-state index contributed by atoms with van der Waals surface area (Å²) in [6.07, 6.45) is 5.77. The van der Waals surface area contributed by atoms with Gasteiger partial charge in [-0.05, 0) is 61.1 Å². The van der Waals surface area contributed by atoms with E-state index >= 15 is 0 Å². The van der Waals surface area contributed by atoms with Crippen LogP contribution in [0.4, 0.5) is 4.39 Å². The largest absolute Gasteiger partial charge is 0.333 e. The van der Waals surface area contributed by atoms with E-state index in [1.54, 1.807) is 12.1 Å². The highest BCUT2D eigenvalue weighted by molar-refractivity contribution is 5.95. The average Bonchev–Trinajstić information content (AvgIpc) is 3.37. The number of amides is 1. The molecule has 0 saturated heterocycles. The maximum atomic E-state index is 13.3. The molecule has 146 valence electrons. The quantitative estimate of drug-likeness (QED) is 0.667. The lowest BCUT2D eigenvalue weighted by molar-refractivity contribution is 0.0765. The zero-order chi connectivity index (χ0) is 19.8. The third kappa shape index (κ3) is 3.27. The van der Waals surface area contributed by atoms with Gasteiger partial charge in [0.1, 0.15) is 5.82 Å². The normalized spacial score (nSPS) is 15.9. The molecular formula is C24H22FN3O. The van der Waals surface area contributed by atoms with Gasteiger partial charge in [-0.1, -0.05) is 36.4 Å². The van der Waals surface area contributed by atoms with Crippen LogP contribution < -0.4 is 0 Å². The lowest BCUT2D eigenvalue weighted by Crippen LogP contribution is -2.35. The topological polar surface area (TPSA) is 38.1 Å². The molecule has 1 amide bonds. The van der Waals surface area contributed by atoms with Crippen LogP contribution in [-0.2, 0) is 12.8 Å². The summed E-state index contributed by atoms with van der Waals surface area (Å²) in [4.78, 5) is 15.1. The van der Waals surface area contributed by atoms with E-state index in [4.69, 9.17) is 5.10 Å². The van der Waals surface area contributed by atoms with Gasteiger partial charge in [0.05, 0.1) is 5.69 Å². The summed E-state index contributed by atoms with van der Waals surface area (Å²) in [6, 6.07) is 16.6. The van der Waals surface area contributed by atoms with Gasteiger partial charge < -0.3 is 4.90 Å². The molecule has 2 aliphatic rings. The average molecular weight is 387 g/mol. The smallest absolute Gasteiger partial charge is 0.274 e. The number of carbonyl (C=O) groups excluding carboxylic acids is 1. The summed E-state index contributed by atoms with van der Waals surface area (Å²) in [7, 11) is 0. The van der Waals surface area contributed by atoms with E-state index in [0.717, 1.165) is 48.1 Å². The van der Waals surface area contributed by atoms with Crippen LogP contribution in [0.3, 0.4) is 0 Å². The number of aromatic nitrogens is 2.